The lowest BCUT2D eigenvalue weighted by Crippen LogP contribution is -2.31. The summed E-state index contributed by atoms with van der Waals surface area (Å²) in [6, 6.07) is 0. The second-order valence-electron chi connectivity index (χ2n) is 3.91. The van der Waals surface area contributed by atoms with Crippen molar-refractivity contribution in [1.82, 2.24) is 10.2 Å². The molecule has 1 aromatic rings. The van der Waals surface area contributed by atoms with E-state index >= 15 is 0 Å². The summed E-state index contributed by atoms with van der Waals surface area (Å²) in [4.78, 5) is 2.27. The zero-order valence-corrected chi connectivity index (χ0v) is 8.55. The Bertz CT molecular complexity index is 274. The van der Waals surface area contributed by atoms with Crippen LogP contribution < -0.4 is 10.6 Å². The van der Waals surface area contributed by atoms with E-state index in [1.54, 1.807) is 16.8 Å². The van der Waals surface area contributed by atoms with E-state index < -0.39 is 0 Å². The molecule has 2 heterocycles. The fourth-order valence-corrected chi connectivity index (χ4v) is 2.25. The van der Waals surface area contributed by atoms with Crippen molar-refractivity contribution < 1.29 is 0 Å². The molecule has 0 saturated carbocycles. The summed E-state index contributed by atoms with van der Waals surface area (Å²) in [6.07, 6.45) is 1.16. The van der Waals surface area contributed by atoms with E-state index in [2.05, 4.69) is 22.0 Å². The number of anilines is 1. The van der Waals surface area contributed by atoms with Crippen molar-refractivity contribution >= 4 is 16.5 Å². The zero-order chi connectivity index (χ0) is 9.31. The van der Waals surface area contributed by atoms with Gasteiger partial charge in [0.05, 0.1) is 0 Å². The van der Waals surface area contributed by atoms with Gasteiger partial charge in [-0.25, -0.2) is 0 Å². The van der Waals surface area contributed by atoms with E-state index in [1.807, 2.05) is 0 Å². The van der Waals surface area contributed by atoms with E-state index in [1.165, 1.54) is 0 Å². The van der Waals surface area contributed by atoms with Crippen molar-refractivity contribution in [2.24, 2.45) is 11.1 Å². The number of nitrogens with two attached hydrogens (primary N) is 1. The molecular weight excluding hydrogens is 184 g/mol. The molecule has 5 heteroatoms. The van der Waals surface area contributed by atoms with E-state index in [4.69, 9.17) is 5.73 Å². The van der Waals surface area contributed by atoms with Crippen LogP contribution in [0.3, 0.4) is 0 Å². The van der Waals surface area contributed by atoms with Gasteiger partial charge in [-0.05, 0) is 18.4 Å². The number of hydrogen-bond donors (Lipinski definition) is 1. The molecule has 72 valence electrons. The van der Waals surface area contributed by atoms with Crippen molar-refractivity contribution in [3.8, 4) is 0 Å². The lowest BCUT2D eigenvalue weighted by Gasteiger charge is -2.21. The van der Waals surface area contributed by atoms with E-state index in [0.29, 0.717) is 0 Å². The topological polar surface area (TPSA) is 55.0 Å². The van der Waals surface area contributed by atoms with Crippen molar-refractivity contribution in [3.05, 3.63) is 5.51 Å². The molecule has 13 heavy (non-hydrogen) atoms. The minimum absolute atomic E-state index is 0.270. The van der Waals surface area contributed by atoms with Gasteiger partial charge in [0.25, 0.3) is 0 Å². The molecule has 1 aliphatic heterocycles. The molecule has 1 unspecified atom stereocenters. The van der Waals surface area contributed by atoms with Crippen LogP contribution in [0.15, 0.2) is 5.51 Å². The summed E-state index contributed by atoms with van der Waals surface area (Å²) in [6.45, 7) is 5.05. The van der Waals surface area contributed by atoms with Crippen molar-refractivity contribution in [2.75, 3.05) is 24.5 Å². The molecule has 0 aromatic carbocycles. The Labute approximate surface area is 81.8 Å². The maximum atomic E-state index is 5.72. The summed E-state index contributed by atoms with van der Waals surface area (Å²) >= 11 is 1.59. The Morgan fingerprint density at radius 1 is 1.77 bits per heavy atom. The Morgan fingerprint density at radius 3 is 3.15 bits per heavy atom. The fraction of sp³-hybridized carbons (Fsp3) is 0.750. The molecule has 0 spiro atoms. The van der Waals surface area contributed by atoms with Gasteiger partial charge >= 0.3 is 0 Å². The summed E-state index contributed by atoms with van der Waals surface area (Å²) in [5.74, 6) is 0. The summed E-state index contributed by atoms with van der Waals surface area (Å²) in [5, 5.41) is 8.91. The smallest absolute Gasteiger partial charge is 0.208 e. The first-order valence-corrected chi connectivity index (χ1v) is 5.33. The predicted octanol–water partition coefficient (Wildman–Crippen LogP) is 0.713. The van der Waals surface area contributed by atoms with Gasteiger partial charge in [-0.3, -0.25) is 0 Å². The molecule has 1 aromatic heterocycles. The van der Waals surface area contributed by atoms with Crippen molar-refractivity contribution in [3.63, 3.8) is 0 Å². The second kappa shape index (κ2) is 3.23. The largest absolute Gasteiger partial charge is 0.346 e. The predicted molar refractivity (Wildman–Crippen MR) is 53.9 cm³/mol. The highest BCUT2D eigenvalue weighted by Crippen LogP contribution is 2.32. The second-order valence-corrected chi connectivity index (χ2v) is 4.72. The molecule has 4 nitrogen and oxygen atoms in total. The number of rotatable bonds is 2. The van der Waals surface area contributed by atoms with Crippen LogP contribution in [0.5, 0.6) is 0 Å². The van der Waals surface area contributed by atoms with Crippen molar-refractivity contribution in [1.29, 1.82) is 0 Å². The van der Waals surface area contributed by atoms with Gasteiger partial charge < -0.3 is 10.6 Å². The molecule has 0 bridgehead atoms. The lowest BCUT2D eigenvalue weighted by molar-refractivity contribution is 0.383. The number of hydrogen-bond acceptors (Lipinski definition) is 5. The molecule has 1 atom stereocenters. The SMILES string of the molecule is CC1(CN)CCN(c2nncs2)C1. The van der Waals surface area contributed by atoms with Gasteiger partial charge in [-0.15, -0.1) is 10.2 Å². The van der Waals surface area contributed by atoms with Crippen LogP contribution in [0.4, 0.5) is 5.13 Å². The third kappa shape index (κ3) is 1.66. The molecule has 2 N–H and O–H groups in total. The van der Waals surface area contributed by atoms with E-state index in [9.17, 15) is 0 Å². The highest BCUT2D eigenvalue weighted by molar-refractivity contribution is 7.13. The van der Waals surface area contributed by atoms with Crippen LogP contribution in [0.25, 0.3) is 0 Å². The third-order valence-corrected chi connectivity index (χ3v) is 3.42. The molecular formula is C8H14N4S. The highest BCUT2D eigenvalue weighted by Gasteiger charge is 2.33. The third-order valence-electron chi connectivity index (χ3n) is 2.67. The van der Waals surface area contributed by atoms with Crippen LogP contribution in [0, 0.1) is 5.41 Å². The van der Waals surface area contributed by atoms with Crippen LogP contribution >= 0.6 is 11.3 Å². The van der Waals surface area contributed by atoms with Gasteiger partial charge in [0.15, 0.2) is 0 Å². The normalized spacial score (nSPS) is 28.3. The van der Waals surface area contributed by atoms with Crippen molar-refractivity contribution in [2.45, 2.75) is 13.3 Å². The summed E-state index contributed by atoms with van der Waals surface area (Å²) in [7, 11) is 0. The monoisotopic (exact) mass is 198 g/mol. The Kier molecular flexibility index (Phi) is 2.21. The Morgan fingerprint density at radius 2 is 2.62 bits per heavy atom. The van der Waals surface area contributed by atoms with E-state index in [0.717, 1.165) is 31.2 Å². The maximum absolute atomic E-state index is 5.72. The molecule has 1 fully saturated rings. The molecule has 0 aliphatic carbocycles. The first-order valence-electron chi connectivity index (χ1n) is 4.45. The molecule has 2 rings (SSSR count). The van der Waals surface area contributed by atoms with Crippen LogP contribution in [-0.4, -0.2) is 29.8 Å². The minimum atomic E-state index is 0.270. The number of nitrogens with zero attached hydrogens (tertiary/aromatic N) is 3. The van der Waals surface area contributed by atoms with Crippen LogP contribution in [0.1, 0.15) is 13.3 Å². The first-order chi connectivity index (χ1) is 6.23. The summed E-state index contributed by atoms with van der Waals surface area (Å²) in [5.41, 5.74) is 7.77. The molecule has 1 saturated heterocycles. The average molecular weight is 198 g/mol. The van der Waals surface area contributed by atoms with Gasteiger partial charge in [0.1, 0.15) is 5.51 Å². The maximum Gasteiger partial charge on any atom is 0.208 e. The Hall–Kier alpha value is -0.680. The van der Waals surface area contributed by atoms with Gasteiger partial charge in [-0.2, -0.15) is 0 Å². The molecule has 0 amide bonds. The lowest BCUT2D eigenvalue weighted by atomic mass is 9.90. The summed E-state index contributed by atoms with van der Waals surface area (Å²) < 4.78 is 0. The van der Waals surface area contributed by atoms with Gasteiger partial charge in [-0.1, -0.05) is 18.3 Å². The average Bonchev–Trinajstić information content (AvgIpc) is 2.73. The van der Waals surface area contributed by atoms with Crippen LogP contribution in [0.2, 0.25) is 0 Å². The Balaban J connectivity index is 2.07. The minimum Gasteiger partial charge on any atom is -0.346 e. The first kappa shape index (κ1) is 8.90. The highest BCUT2D eigenvalue weighted by atomic mass is 32.1. The molecule has 1 aliphatic rings. The molecule has 0 radical (unpaired) electrons. The van der Waals surface area contributed by atoms with Gasteiger partial charge in [0, 0.05) is 13.1 Å². The number of aromatic nitrogens is 2. The van der Waals surface area contributed by atoms with Crippen LogP contribution in [-0.2, 0) is 0 Å². The zero-order valence-electron chi connectivity index (χ0n) is 7.73. The standard InChI is InChI=1S/C8H14N4S/c1-8(4-9)2-3-12(5-8)7-11-10-6-13-7/h6H,2-5,9H2,1H3. The quantitative estimate of drug-likeness (QED) is 0.760. The van der Waals surface area contributed by atoms with E-state index in [-0.39, 0.29) is 5.41 Å². The van der Waals surface area contributed by atoms with Gasteiger partial charge in [0.2, 0.25) is 5.13 Å². The fourth-order valence-electron chi connectivity index (χ4n) is 1.66.